The highest BCUT2D eigenvalue weighted by Crippen LogP contribution is 2.47. The standard InChI is InChI=1S/C51H69F3N8O4Si2/c1-29(2)67(30(3)4,31(5)6)21-16-38-41(53)15-14-35-22-37(66-68(32(7)8,33(9)10)34(11)12)23-39(42(35)38)44-43(54)45-40(25-55-44)46(62-27-51(18-19-56-62)47(63)59-48(64)60-51)58-49(57-45)65-28-50-17-13-20-61(50)26-36(52)24-50/h14-15,22-23,25,29-34,36,56H,13,17-20,24,26-28H2,1-12H3,(H2,59,60,63,64)/t36-,50+,51?/m1/s1. The largest absolute Gasteiger partial charge is 0.543 e. The van der Waals surface area contributed by atoms with Crippen molar-refractivity contribution in [1.82, 2.24) is 35.9 Å². The predicted molar refractivity (Wildman–Crippen MR) is 268 cm³/mol. The van der Waals surface area contributed by atoms with Gasteiger partial charge in [-0.15, -0.1) is 5.54 Å². The zero-order valence-corrected chi connectivity index (χ0v) is 43.8. The summed E-state index contributed by atoms with van der Waals surface area (Å²) >= 11 is 0. The number of anilines is 1. The lowest BCUT2D eigenvalue weighted by Gasteiger charge is -2.42. The molecule has 0 saturated carbocycles. The van der Waals surface area contributed by atoms with Crippen molar-refractivity contribution >= 4 is 55.8 Å². The molecule has 17 heteroatoms. The maximum absolute atomic E-state index is 18.2. The maximum atomic E-state index is 18.2. The van der Waals surface area contributed by atoms with Crippen molar-refractivity contribution in [2.24, 2.45) is 0 Å². The number of fused-ring (bicyclic) bond motifs is 3. The fourth-order valence-corrected chi connectivity index (χ4v) is 23.3. The van der Waals surface area contributed by atoms with E-state index in [2.05, 4.69) is 116 Å². The molecule has 2 aromatic carbocycles. The van der Waals surface area contributed by atoms with Crippen LogP contribution in [0.4, 0.5) is 23.8 Å². The number of alkyl halides is 1. The first kappa shape index (κ1) is 49.6. The van der Waals surface area contributed by atoms with Crippen LogP contribution in [0.2, 0.25) is 33.2 Å². The summed E-state index contributed by atoms with van der Waals surface area (Å²) in [6.07, 6.45) is 2.72. The number of hydrogen-bond acceptors (Lipinski definition) is 10. The molecule has 6 heterocycles. The van der Waals surface area contributed by atoms with Crippen LogP contribution < -0.4 is 30.2 Å². The van der Waals surface area contributed by atoms with Gasteiger partial charge in [-0.05, 0) is 82.6 Å². The van der Waals surface area contributed by atoms with Crippen LogP contribution in [0.15, 0.2) is 30.5 Å². The third-order valence-electron chi connectivity index (χ3n) is 16.0. The molecule has 8 rings (SSSR count). The fraction of sp³-hybridized carbons (Fsp3) is 0.588. The number of halogens is 3. The number of aromatic nitrogens is 3. The first-order valence-corrected chi connectivity index (χ1v) is 29.0. The average molecular weight is 971 g/mol. The summed E-state index contributed by atoms with van der Waals surface area (Å²) < 4.78 is 63.5. The summed E-state index contributed by atoms with van der Waals surface area (Å²) in [6.45, 7) is 27.8. The lowest BCUT2D eigenvalue weighted by Crippen LogP contribution is -2.64. The van der Waals surface area contributed by atoms with E-state index in [1.54, 1.807) is 17.1 Å². The number of carbonyl (C=O) groups is 2. The number of nitrogens with zero attached hydrogens (tertiary/aromatic N) is 5. The van der Waals surface area contributed by atoms with Gasteiger partial charge in [0.25, 0.3) is 14.2 Å². The lowest BCUT2D eigenvalue weighted by atomic mass is 9.93. The van der Waals surface area contributed by atoms with Crippen LogP contribution in [-0.4, -0.2) is 98.2 Å². The van der Waals surface area contributed by atoms with E-state index in [-0.39, 0.29) is 86.9 Å². The summed E-state index contributed by atoms with van der Waals surface area (Å²) in [5.41, 5.74) is 6.92. The molecule has 0 bridgehead atoms. The maximum Gasteiger partial charge on any atom is 0.322 e. The highest BCUT2D eigenvalue weighted by atomic mass is 28.4. The highest BCUT2D eigenvalue weighted by molar-refractivity contribution is 6.90. The zero-order chi connectivity index (χ0) is 49.2. The summed E-state index contributed by atoms with van der Waals surface area (Å²) in [7, 11) is -4.95. The summed E-state index contributed by atoms with van der Waals surface area (Å²) in [5, 5.41) is 7.97. The number of rotatable bonds is 13. The van der Waals surface area contributed by atoms with E-state index < -0.39 is 57.2 Å². The average Bonchev–Trinajstić information content (AvgIpc) is 3.89. The minimum absolute atomic E-state index is 0.0484. The SMILES string of the molecule is CC(C)[Si](C#Cc1c(F)ccc2cc(O[Si](C(C)C)(C(C)C)C(C)C)cc(-c3ncc4c(N5CC6(CCN5)NC(=O)NC6=O)nc(OC[C@@]56CCCN5C[C@H](F)C6)nc4c3F)c12)(C(C)C)C(C)C. The molecule has 4 saturated heterocycles. The molecule has 3 amide bonds. The van der Waals surface area contributed by atoms with Crippen molar-refractivity contribution in [2.45, 2.75) is 159 Å². The van der Waals surface area contributed by atoms with Crippen molar-refractivity contribution in [2.75, 3.05) is 37.8 Å². The smallest absolute Gasteiger partial charge is 0.322 e. The molecular weight excluding hydrogens is 902 g/mol. The minimum atomic E-state index is -2.57. The van der Waals surface area contributed by atoms with Gasteiger partial charge in [-0.3, -0.25) is 25.0 Å². The molecule has 0 aliphatic carbocycles. The number of nitrogens with one attached hydrogen (secondary N) is 3. The second kappa shape index (κ2) is 18.5. The van der Waals surface area contributed by atoms with Crippen LogP contribution in [-0.2, 0) is 4.79 Å². The first-order valence-electron chi connectivity index (χ1n) is 24.6. The van der Waals surface area contributed by atoms with E-state index in [9.17, 15) is 14.0 Å². The number of benzene rings is 2. The van der Waals surface area contributed by atoms with E-state index in [1.807, 2.05) is 6.07 Å². The van der Waals surface area contributed by atoms with E-state index in [0.717, 1.165) is 19.4 Å². The number of ether oxygens (including phenoxy) is 1. The molecular formula is C51H69F3N8O4Si2. The summed E-state index contributed by atoms with van der Waals surface area (Å²) in [6, 6.07) is 6.09. The molecule has 4 aliphatic heterocycles. The number of hydrazine groups is 1. The third kappa shape index (κ3) is 8.34. The van der Waals surface area contributed by atoms with E-state index in [1.165, 1.54) is 12.3 Å². The Morgan fingerprint density at radius 3 is 2.24 bits per heavy atom. The van der Waals surface area contributed by atoms with Gasteiger partial charge in [0.1, 0.15) is 49.2 Å². The van der Waals surface area contributed by atoms with Gasteiger partial charge in [-0.1, -0.05) is 95.1 Å². The molecule has 3 N–H and O–H groups in total. The Labute approximate surface area is 401 Å². The number of amides is 3. The van der Waals surface area contributed by atoms with Crippen LogP contribution in [0.5, 0.6) is 11.8 Å². The van der Waals surface area contributed by atoms with Gasteiger partial charge in [0.15, 0.2) is 11.6 Å². The van der Waals surface area contributed by atoms with Gasteiger partial charge in [0, 0.05) is 36.7 Å². The van der Waals surface area contributed by atoms with Gasteiger partial charge in [-0.2, -0.15) is 9.97 Å². The molecule has 4 fully saturated rings. The Morgan fingerprint density at radius 2 is 1.60 bits per heavy atom. The van der Waals surface area contributed by atoms with Gasteiger partial charge < -0.3 is 14.5 Å². The minimum Gasteiger partial charge on any atom is -0.543 e. The topological polar surface area (TPSA) is 134 Å². The van der Waals surface area contributed by atoms with Crippen LogP contribution in [0, 0.1) is 23.1 Å². The number of urea groups is 1. The predicted octanol–water partition coefficient (Wildman–Crippen LogP) is 10.5. The van der Waals surface area contributed by atoms with Crippen molar-refractivity contribution < 1.29 is 31.9 Å². The second-order valence-corrected chi connectivity index (χ2v) is 32.6. The summed E-state index contributed by atoms with van der Waals surface area (Å²) in [5.74, 6) is 2.28. The molecule has 0 radical (unpaired) electrons. The number of carbonyl (C=O) groups excluding carboxylic acids is 2. The monoisotopic (exact) mass is 970 g/mol. The lowest BCUT2D eigenvalue weighted by molar-refractivity contribution is -0.124. The molecule has 366 valence electrons. The molecule has 4 aromatic rings. The number of hydrogen-bond donors (Lipinski definition) is 3. The van der Waals surface area contributed by atoms with E-state index in [4.69, 9.17) is 24.1 Å². The number of imide groups is 1. The Morgan fingerprint density at radius 1 is 0.912 bits per heavy atom. The van der Waals surface area contributed by atoms with Crippen LogP contribution in [0.3, 0.4) is 0 Å². The number of pyridine rings is 1. The molecule has 1 spiro atoms. The van der Waals surface area contributed by atoms with Gasteiger partial charge in [0.2, 0.25) is 0 Å². The van der Waals surface area contributed by atoms with Crippen LogP contribution in [0.25, 0.3) is 32.9 Å². The van der Waals surface area contributed by atoms with Gasteiger partial charge >= 0.3 is 12.0 Å². The quantitative estimate of drug-likeness (QED) is 0.0676. The molecule has 2 aromatic heterocycles. The summed E-state index contributed by atoms with van der Waals surface area (Å²) in [4.78, 5) is 42.2. The first-order chi connectivity index (χ1) is 32.1. The van der Waals surface area contributed by atoms with E-state index >= 15 is 8.78 Å². The fourth-order valence-electron chi connectivity index (χ4n) is 12.8. The molecule has 12 nitrogen and oxygen atoms in total. The molecule has 3 atom stereocenters. The van der Waals surface area contributed by atoms with Gasteiger partial charge in [-0.25, -0.2) is 23.4 Å². The zero-order valence-electron chi connectivity index (χ0n) is 41.8. The third-order valence-corrected chi connectivity index (χ3v) is 28.3. The normalized spacial score (nSPS) is 22.4. The molecule has 1 unspecified atom stereocenters. The van der Waals surface area contributed by atoms with Crippen molar-refractivity contribution in [3.8, 4) is 34.5 Å². The van der Waals surface area contributed by atoms with Crippen molar-refractivity contribution in [1.29, 1.82) is 0 Å². The van der Waals surface area contributed by atoms with Crippen molar-refractivity contribution in [3.05, 3.63) is 47.7 Å². The molecule has 68 heavy (non-hydrogen) atoms. The van der Waals surface area contributed by atoms with Crippen LogP contribution in [0.1, 0.15) is 114 Å². The van der Waals surface area contributed by atoms with Crippen LogP contribution >= 0.6 is 0 Å². The Kier molecular flexibility index (Phi) is 13.5. The Balaban J connectivity index is 1.37. The highest BCUT2D eigenvalue weighted by Gasteiger charge is 2.52. The Hall–Kier alpha value is -4.77. The Bertz CT molecular complexity index is 2650. The van der Waals surface area contributed by atoms with Gasteiger partial charge in [0.05, 0.1) is 23.0 Å². The molecule has 4 aliphatic rings. The van der Waals surface area contributed by atoms with Crippen molar-refractivity contribution in [3.63, 3.8) is 0 Å². The van der Waals surface area contributed by atoms with E-state index in [0.29, 0.717) is 41.5 Å². The second-order valence-electron chi connectivity index (χ2n) is 21.7.